The van der Waals surface area contributed by atoms with Crippen molar-refractivity contribution in [1.82, 2.24) is 15.1 Å². The lowest BCUT2D eigenvalue weighted by Crippen LogP contribution is -2.28. The first-order valence-electron chi connectivity index (χ1n) is 5.06. The molecule has 1 aromatic heterocycles. The molecule has 1 atom stereocenters. The van der Waals surface area contributed by atoms with Gasteiger partial charge in [-0.05, 0) is 19.1 Å². The summed E-state index contributed by atoms with van der Waals surface area (Å²) in [5.74, 6) is 2.57. The van der Waals surface area contributed by atoms with Gasteiger partial charge in [0.2, 0.25) is 0 Å². The zero-order valence-electron chi connectivity index (χ0n) is 8.79. The summed E-state index contributed by atoms with van der Waals surface area (Å²) in [5, 5.41) is 7.91. The molecule has 0 spiro atoms. The molecule has 1 fully saturated rings. The van der Waals surface area contributed by atoms with Crippen LogP contribution in [0, 0.1) is 6.92 Å². The quantitative estimate of drug-likeness (QED) is 0.818. The number of aromatic nitrogens is 2. The second-order valence-corrected chi connectivity index (χ2v) is 5.00. The summed E-state index contributed by atoms with van der Waals surface area (Å²) >= 11 is 2.04. The molecule has 3 nitrogen and oxygen atoms in total. The Labute approximate surface area is 89.3 Å². The lowest BCUT2D eigenvalue weighted by atomic mass is 10.2. The second kappa shape index (κ2) is 4.36. The van der Waals surface area contributed by atoms with Crippen LogP contribution in [0.1, 0.15) is 17.7 Å². The van der Waals surface area contributed by atoms with Crippen molar-refractivity contribution in [2.24, 2.45) is 7.05 Å². The van der Waals surface area contributed by atoms with Gasteiger partial charge in [0.25, 0.3) is 0 Å². The van der Waals surface area contributed by atoms with Gasteiger partial charge in [-0.1, -0.05) is 0 Å². The number of thioether (sulfide) groups is 1. The molecule has 78 valence electrons. The van der Waals surface area contributed by atoms with E-state index in [1.807, 2.05) is 23.5 Å². The molecule has 0 aliphatic carbocycles. The van der Waals surface area contributed by atoms with E-state index in [4.69, 9.17) is 0 Å². The standard InChI is InChI=1S/C10H17N3S/c1-8-9(6-13(2)12-8)5-11-10-3-4-14-7-10/h6,10-11H,3-5,7H2,1-2H3. The zero-order chi connectivity index (χ0) is 9.97. The molecular weight excluding hydrogens is 194 g/mol. The molecule has 1 unspecified atom stereocenters. The van der Waals surface area contributed by atoms with Gasteiger partial charge in [-0.3, -0.25) is 4.68 Å². The maximum Gasteiger partial charge on any atom is 0.0638 e. The zero-order valence-corrected chi connectivity index (χ0v) is 9.60. The van der Waals surface area contributed by atoms with E-state index in [2.05, 4.69) is 23.5 Å². The molecule has 1 aliphatic heterocycles. The van der Waals surface area contributed by atoms with Gasteiger partial charge in [0.15, 0.2) is 0 Å². The van der Waals surface area contributed by atoms with Crippen molar-refractivity contribution in [2.45, 2.75) is 25.9 Å². The van der Waals surface area contributed by atoms with Gasteiger partial charge in [0.05, 0.1) is 5.69 Å². The Hall–Kier alpha value is -0.480. The SMILES string of the molecule is Cc1nn(C)cc1CNC1CCSC1. The van der Waals surface area contributed by atoms with Gasteiger partial charge in [0.1, 0.15) is 0 Å². The molecule has 0 amide bonds. The van der Waals surface area contributed by atoms with Crippen molar-refractivity contribution in [1.29, 1.82) is 0 Å². The van der Waals surface area contributed by atoms with Crippen LogP contribution in [0.15, 0.2) is 6.20 Å². The highest BCUT2D eigenvalue weighted by Gasteiger charge is 2.15. The monoisotopic (exact) mass is 211 g/mol. The number of hydrogen-bond acceptors (Lipinski definition) is 3. The topological polar surface area (TPSA) is 29.9 Å². The van der Waals surface area contributed by atoms with Gasteiger partial charge in [-0.15, -0.1) is 0 Å². The van der Waals surface area contributed by atoms with Crippen LogP contribution in [-0.2, 0) is 13.6 Å². The third-order valence-corrected chi connectivity index (χ3v) is 3.79. The predicted octanol–water partition coefficient (Wildman–Crippen LogP) is 1.32. The Morgan fingerprint density at radius 2 is 2.57 bits per heavy atom. The molecule has 1 aliphatic rings. The molecule has 4 heteroatoms. The lowest BCUT2D eigenvalue weighted by Gasteiger charge is -2.09. The highest BCUT2D eigenvalue weighted by atomic mass is 32.2. The second-order valence-electron chi connectivity index (χ2n) is 3.85. The highest BCUT2D eigenvalue weighted by Crippen LogP contribution is 2.17. The first-order chi connectivity index (χ1) is 6.75. The minimum Gasteiger partial charge on any atom is -0.309 e. The van der Waals surface area contributed by atoms with Crippen molar-refractivity contribution >= 4 is 11.8 Å². The molecule has 1 aromatic rings. The Morgan fingerprint density at radius 3 is 3.14 bits per heavy atom. The summed E-state index contributed by atoms with van der Waals surface area (Å²) in [4.78, 5) is 0. The highest BCUT2D eigenvalue weighted by molar-refractivity contribution is 7.99. The lowest BCUT2D eigenvalue weighted by molar-refractivity contribution is 0.557. The smallest absolute Gasteiger partial charge is 0.0638 e. The van der Waals surface area contributed by atoms with E-state index in [1.54, 1.807) is 0 Å². The van der Waals surface area contributed by atoms with Crippen LogP contribution in [0.25, 0.3) is 0 Å². The fourth-order valence-electron chi connectivity index (χ4n) is 1.77. The third kappa shape index (κ3) is 2.30. The van der Waals surface area contributed by atoms with Crippen LogP contribution in [-0.4, -0.2) is 27.3 Å². The van der Waals surface area contributed by atoms with Crippen LogP contribution in [0.3, 0.4) is 0 Å². The normalized spacial score (nSPS) is 21.7. The van der Waals surface area contributed by atoms with Gasteiger partial charge in [-0.25, -0.2) is 0 Å². The summed E-state index contributed by atoms with van der Waals surface area (Å²) in [6, 6.07) is 0.708. The number of nitrogens with one attached hydrogen (secondary N) is 1. The fourth-order valence-corrected chi connectivity index (χ4v) is 2.96. The van der Waals surface area contributed by atoms with E-state index < -0.39 is 0 Å². The van der Waals surface area contributed by atoms with Gasteiger partial charge < -0.3 is 5.32 Å². The third-order valence-electron chi connectivity index (χ3n) is 2.63. The van der Waals surface area contributed by atoms with Crippen LogP contribution in [0.2, 0.25) is 0 Å². The van der Waals surface area contributed by atoms with E-state index in [0.29, 0.717) is 6.04 Å². The predicted molar refractivity (Wildman–Crippen MR) is 60.5 cm³/mol. The van der Waals surface area contributed by atoms with E-state index in [-0.39, 0.29) is 0 Å². The summed E-state index contributed by atoms with van der Waals surface area (Å²) in [7, 11) is 1.97. The number of aryl methyl sites for hydroxylation is 2. The van der Waals surface area contributed by atoms with Crippen LogP contribution < -0.4 is 5.32 Å². The van der Waals surface area contributed by atoms with E-state index in [9.17, 15) is 0 Å². The molecule has 14 heavy (non-hydrogen) atoms. The van der Waals surface area contributed by atoms with Crippen molar-refractivity contribution in [3.63, 3.8) is 0 Å². The molecule has 2 heterocycles. The average Bonchev–Trinajstić information content (AvgIpc) is 2.72. The first kappa shape index (κ1) is 10.1. The van der Waals surface area contributed by atoms with Crippen molar-refractivity contribution in [3.8, 4) is 0 Å². The minimum absolute atomic E-state index is 0.708. The number of hydrogen-bond donors (Lipinski definition) is 1. The maximum absolute atomic E-state index is 4.33. The van der Waals surface area contributed by atoms with E-state index in [1.165, 1.54) is 23.5 Å². The number of nitrogens with zero attached hydrogens (tertiary/aromatic N) is 2. The number of rotatable bonds is 3. The van der Waals surface area contributed by atoms with E-state index in [0.717, 1.165) is 12.2 Å². The van der Waals surface area contributed by atoms with E-state index >= 15 is 0 Å². The summed E-state index contributed by atoms with van der Waals surface area (Å²) in [6.45, 7) is 3.03. The van der Waals surface area contributed by atoms with Crippen LogP contribution in [0.5, 0.6) is 0 Å². The van der Waals surface area contributed by atoms with Crippen molar-refractivity contribution < 1.29 is 0 Å². The molecule has 2 rings (SSSR count). The first-order valence-corrected chi connectivity index (χ1v) is 6.21. The molecule has 0 radical (unpaired) electrons. The molecule has 1 N–H and O–H groups in total. The summed E-state index contributed by atoms with van der Waals surface area (Å²) < 4.78 is 1.88. The molecule has 0 bridgehead atoms. The molecule has 1 saturated heterocycles. The summed E-state index contributed by atoms with van der Waals surface area (Å²) in [6.07, 6.45) is 3.41. The Bertz CT molecular complexity index is 302. The summed E-state index contributed by atoms with van der Waals surface area (Å²) in [5.41, 5.74) is 2.47. The van der Waals surface area contributed by atoms with Gasteiger partial charge in [-0.2, -0.15) is 16.9 Å². The van der Waals surface area contributed by atoms with Gasteiger partial charge >= 0.3 is 0 Å². The Balaban J connectivity index is 1.87. The van der Waals surface area contributed by atoms with Crippen LogP contribution >= 0.6 is 11.8 Å². The Kier molecular flexibility index (Phi) is 3.13. The molecule has 0 aromatic carbocycles. The maximum atomic E-state index is 4.33. The fraction of sp³-hybridized carbons (Fsp3) is 0.700. The Morgan fingerprint density at radius 1 is 1.71 bits per heavy atom. The van der Waals surface area contributed by atoms with Crippen molar-refractivity contribution in [3.05, 3.63) is 17.5 Å². The molecular formula is C10H17N3S. The van der Waals surface area contributed by atoms with Crippen molar-refractivity contribution in [2.75, 3.05) is 11.5 Å². The minimum atomic E-state index is 0.708. The molecule has 0 saturated carbocycles. The van der Waals surface area contributed by atoms with Gasteiger partial charge in [0, 0.05) is 37.1 Å². The average molecular weight is 211 g/mol. The van der Waals surface area contributed by atoms with Crippen LogP contribution in [0.4, 0.5) is 0 Å². The largest absolute Gasteiger partial charge is 0.309 e.